The van der Waals surface area contributed by atoms with Crippen molar-refractivity contribution in [2.45, 2.75) is 46.0 Å². The maximum atomic E-state index is 4.92. The molecule has 0 heterocycles. The Balaban J connectivity index is 3.51. The fourth-order valence-electron chi connectivity index (χ4n) is 1.34. The first-order chi connectivity index (χ1) is 6.35. The molecule has 0 aliphatic heterocycles. The van der Waals surface area contributed by atoms with Crippen LogP contribution in [0.4, 0.5) is 0 Å². The number of hydrogen-bond acceptors (Lipinski definition) is 1. The molecule has 0 saturated carbocycles. The van der Waals surface area contributed by atoms with E-state index < -0.39 is 0 Å². The van der Waals surface area contributed by atoms with Crippen molar-refractivity contribution in [3.05, 3.63) is 25.2 Å². The van der Waals surface area contributed by atoms with Crippen molar-refractivity contribution >= 4 is 0 Å². The summed E-state index contributed by atoms with van der Waals surface area (Å²) < 4.78 is 4.92. The van der Waals surface area contributed by atoms with Gasteiger partial charge in [-0.15, -0.1) is 0 Å². The summed E-state index contributed by atoms with van der Waals surface area (Å²) in [6.07, 6.45) is 11.6. The summed E-state index contributed by atoms with van der Waals surface area (Å²) in [4.78, 5) is 0. The summed E-state index contributed by atoms with van der Waals surface area (Å²) in [5.41, 5.74) is 0. The third-order valence-electron chi connectivity index (χ3n) is 2.28. The van der Waals surface area contributed by atoms with Gasteiger partial charge in [0.25, 0.3) is 0 Å². The van der Waals surface area contributed by atoms with Crippen molar-refractivity contribution in [1.29, 1.82) is 0 Å². The van der Waals surface area contributed by atoms with Gasteiger partial charge in [-0.05, 0) is 18.4 Å². The van der Waals surface area contributed by atoms with Crippen LogP contribution in [0.3, 0.4) is 0 Å². The highest BCUT2D eigenvalue weighted by atomic mass is 16.5. The van der Waals surface area contributed by atoms with Crippen LogP contribution in [0.15, 0.2) is 25.2 Å². The van der Waals surface area contributed by atoms with Crippen molar-refractivity contribution in [2.75, 3.05) is 0 Å². The molecule has 0 aromatic carbocycles. The lowest BCUT2D eigenvalue weighted by atomic mass is 9.96. The minimum atomic E-state index is 0.824. The highest BCUT2D eigenvalue weighted by Crippen LogP contribution is 2.16. The predicted molar refractivity (Wildman–Crippen MR) is 58.3 cm³/mol. The molecule has 1 nitrogen and oxygen atoms in total. The standard InChI is InChI=1S/C12H22O/c1-4-7-9-12(5-2)10-8-11-13-6-3/h6,8,11-12H,3-5,7,9-10H2,1-2H3. The molecule has 0 aromatic heterocycles. The smallest absolute Gasteiger partial charge is 0.0861 e. The Bertz CT molecular complexity index is 138. The molecule has 0 aromatic rings. The van der Waals surface area contributed by atoms with Crippen molar-refractivity contribution in [3.63, 3.8) is 0 Å². The van der Waals surface area contributed by atoms with Crippen LogP contribution in [0.1, 0.15) is 46.0 Å². The number of allylic oxidation sites excluding steroid dienone is 1. The molecule has 0 rings (SSSR count). The minimum Gasteiger partial charge on any atom is -0.474 e. The Labute approximate surface area is 82.5 Å². The van der Waals surface area contributed by atoms with Crippen LogP contribution in [0, 0.1) is 5.92 Å². The fourth-order valence-corrected chi connectivity index (χ4v) is 1.34. The zero-order chi connectivity index (χ0) is 9.94. The van der Waals surface area contributed by atoms with Crippen molar-refractivity contribution in [3.8, 4) is 0 Å². The van der Waals surface area contributed by atoms with Crippen LogP contribution < -0.4 is 0 Å². The highest BCUT2D eigenvalue weighted by molar-refractivity contribution is 4.78. The lowest BCUT2D eigenvalue weighted by Crippen LogP contribution is -1.96. The summed E-state index contributed by atoms with van der Waals surface area (Å²) >= 11 is 0. The molecule has 0 radical (unpaired) electrons. The van der Waals surface area contributed by atoms with Crippen molar-refractivity contribution in [2.24, 2.45) is 5.92 Å². The number of ether oxygens (including phenoxy) is 1. The first kappa shape index (κ1) is 12.3. The van der Waals surface area contributed by atoms with Gasteiger partial charge in [-0.2, -0.15) is 0 Å². The molecule has 76 valence electrons. The van der Waals surface area contributed by atoms with E-state index in [1.807, 2.05) is 0 Å². The van der Waals surface area contributed by atoms with Gasteiger partial charge < -0.3 is 4.74 Å². The van der Waals surface area contributed by atoms with Gasteiger partial charge in [0.05, 0.1) is 12.5 Å². The van der Waals surface area contributed by atoms with Gasteiger partial charge in [0.2, 0.25) is 0 Å². The second-order valence-electron chi connectivity index (χ2n) is 3.33. The van der Waals surface area contributed by atoms with E-state index in [0.717, 1.165) is 12.3 Å². The number of unbranched alkanes of at least 4 members (excludes halogenated alkanes) is 1. The summed E-state index contributed by atoms with van der Waals surface area (Å²) in [6, 6.07) is 0. The van der Waals surface area contributed by atoms with Crippen molar-refractivity contribution in [1.82, 2.24) is 0 Å². The summed E-state index contributed by atoms with van der Waals surface area (Å²) in [5, 5.41) is 0. The monoisotopic (exact) mass is 182 g/mol. The van der Waals surface area contributed by atoms with Gasteiger partial charge in [-0.3, -0.25) is 0 Å². The second kappa shape index (κ2) is 9.37. The van der Waals surface area contributed by atoms with Crippen LogP contribution in [0.5, 0.6) is 0 Å². The molecule has 0 bridgehead atoms. The van der Waals surface area contributed by atoms with E-state index in [1.165, 1.54) is 31.9 Å². The topological polar surface area (TPSA) is 9.23 Å². The van der Waals surface area contributed by atoms with E-state index in [-0.39, 0.29) is 0 Å². The molecule has 0 aliphatic carbocycles. The fraction of sp³-hybridized carbons (Fsp3) is 0.667. The van der Waals surface area contributed by atoms with Crippen LogP contribution in [-0.2, 0) is 4.74 Å². The average Bonchev–Trinajstić information content (AvgIpc) is 2.17. The van der Waals surface area contributed by atoms with Gasteiger partial charge in [0, 0.05) is 0 Å². The SMILES string of the molecule is C=COC=CCC(CC)CCCC. The van der Waals surface area contributed by atoms with E-state index in [2.05, 4.69) is 26.5 Å². The molecular weight excluding hydrogens is 160 g/mol. The summed E-state index contributed by atoms with van der Waals surface area (Å²) in [7, 11) is 0. The zero-order valence-corrected chi connectivity index (χ0v) is 8.96. The van der Waals surface area contributed by atoms with Crippen LogP contribution in [-0.4, -0.2) is 0 Å². The van der Waals surface area contributed by atoms with E-state index in [0.29, 0.717) is 0 Å². The molecule has 0 saturated heterocycles. The molecule has 1 unspecified atom stereocenters. The molecule has 0 aliphatic rings. The molecule has 0 amide bonds. The Morgan fingerprint density at radius 2 is 2.15 bits per heavy atom. The normalized spacial score (nSPS) is 13.1. The molecule has 1 atom stereocenters. The second-order valence-corrected chi connectivity index (χ2v) is 3.33. The van der Waals surface area contributed by atoms with E-state index >= 15 is 0 Å². The average molecular weight is 182 g/mol. The molecule has 13 heavy (non-hydrogen) atoms. The Morgan fingerprint density at radius 3 is 2.69 bits per heavy atom. The predicted octanol–water partition coefficient (Wildman–Crippen LogP) is 4.27. The minimum absolute atomic E-state index is 0.824. The van der Waals surface area contributed by atoms with E-state index in [9.17, 15) is 0 Å². The number of hydrogen-bond donors (Lipinski definition) is 0. The largest absolute Gasteiger partial charge is 0.474 e. The maximum absolute atomic E-state index is 4.92. The van der Waals surface area contributed by atoms with Crippen LogP contribution in [0.2, 0.25) is 0 Å². The lowest BCUT2D eigenvalue weighted by Gasteiger charge is -2.10. The first-order valence-corrected chi connectivity index (χ1v) is 5.26. The Morgan fingerprint density at radius 1 is 1.38 bits per heavy atom. The molecule has 0 fully saturated rings. The van der Waals surface area contributed by atoms with Crippen molar-refractivity contribution < 1.29 is 4.74 Å². The Kier molecular flexibility index (Phi) is 8.85. The highest BCUT2D eigenvalue weighted by Gasteiger charge is 2.02. The summed E-state index contributed by atoms with van der Waals surface area (Å²) in [6.45, 7) is 7.97. The van der Waals surface area contributed by atoms with E-state index in [4.69, 9.17) is 4.74 Å². The summed E-state index contributed by atoms with van der Waals surface area (Å²) in [5.74, 6) is 0.824. The quantitative estimate of drug-likeness (QED) is 0.509. The zero-order valence-electron chi connectivity index (χ0n) is 8.96. The maximum Gasteiger partial charge on any atom is 0.0861 e. The molecular formula is C12H22O. The van der Waals surface area contributed by atoms with Gasteiger partial charge >= 0.3 is 0 Å². The van der Waals surface area contributed by atoms with Gasteiger partial charge in [-0.25, -0.2) is 0 Å². The molecule has 0 N–H and O–H groups in total. The third kappa shape index (κ3) is 7.63. The third-order valence-corrected chi connectivity index (χ3v) is 2.28. The van der Waals surface area contributed by atoms with E-state index in [1.54, 1.807) is 6.26 Å². The van der Waals surface area contributed by atoms with Gasteiger partial charge in [0.1, 0.15) is 0 Å². The lowest BCUT2D eigenvalue weighted by molar-refractivity contribution is 0.395. The van der Waals surface area contributed by atoms with Gasteiger partial charge in [0.15, 0.2) is 0 Å². The van der Waals surface area contributed by atoms with Gasteiger partial charge in [-0.1, -0.05) is 46.1 Å². The number of rotatable bonds is 8. The molecule has 0 spiro atoms. The van der Waals surface area contributed by atoms with Crippen LogP contribution in [0.25, 0.3) is 0 Å². The van der Waals surface area contributed by atoms with Crippen LogP contribution >= 0.6 is 0 Å². The first-order valence-electron chi connectivity index (χ1n) is 5.26. The molecule has 1 heteroatoms. The Hall–Kier alpha value is -0.720.